The molecule has 8 heteroatoms. The number of carbonyl (C=O) groups is 1. The van der Waals surface area contributed by atoms with Gasteiger partial charge in [-0.3, -0.25) is 9.69 Å². The number of amides is 1. The summed E-state index contributed by atoms with van der Waals surface area (Å²) in [5.74, 6) is 0.909. The van der Waals surface area contributed by atoms with Crippen LogP contribution in [-0.2, 0) is 17.8 Å². The van der Waals surface area contributed by atoms with Gasteiger partial charge in [-0.05, 0) is 29.1 Å². The van der Waals surface area contributed by atoms with Gasteiger partial charge >= 0.3 is 0 Å². The summed E-state index contributed by atoms with van der Waals surface area (Å²) in [5.41, 5.74) is 0.703. The smallest absolute Gasteiger partial charge is 0.241 e. The second-order valence-corrected chi connectivity index (χ2v) is 7.40. The molecule has 0 spiro atoms. The van der Waals surface area contributed by atoms with Crippen LogP contribution >= 0.6 is 11.3 Å². The van der Waals surface area contributed by atoms with Gasteiger partial charge in [-0.25, -0.2) is 4.39 Å². The van der Waals surface area contributed by atoms with Gasteiger partial charge in [0.2, 0.25) is 17.6 Å². The monoisotopic (exact) mass is 386 g/mol. The van der Waals surface area contributed by atoms with Crippen molar-refractivity contribution in [2.45, 2.75) is 13.0 Å². The van der Waals surface area contributed by atoms with Crippen LogP contribution in [0.4, 0.5) is 4.39 Å². The van der Waals surface area contributed by atoms with Crippen LogP contribution in [0.2, 0.25) is 0 Å². The normalized spacial score (nSPS) is 15.2. The fourth-order valence-corrected chi connectivity index (χ4v) is 3.75. The van der Waals surface area contributed by atoms with Crippen molar-refractivity contribution in [3.05, 3.63) is 59.0 Å². The SMILES string of the molecule is O=C(Cc1cccc(F)c1)N1CCN(Cc2nc(-c3cccs3)no2)CC1. The highest BCUT2D eigenvalue weighted by Crippen LogP contribution is 2.21. The minimum atomic E-state index is -0.313. The first-order valence-electron chi connectivity index (χ1n) is 8.78. The van der Waals surface area contributed by atoms with Crippen molar-refractivity contribution in [1.82, 2.24) is 19.9 Å². The molecule has 0 saturated carbocycles. The summed E-state index contributed by atoms with van der Waals surface area (Å²) in [6.07, 6.45) is 0.228. The molecule has 27 heavy (non-hydrogen) atoms. The number of aromatic nitrogens is 2. The van der Waals surface area contributed by atoms with E-state index in [1.807, 2.05) is 22.4 Å². The molecule has 3 aromatic rings. The molecule has 0 atom stereocenters. The van der Waals surface area contributed by atoms with E-state index >= 15 is 0 Å². The molecule has 4 rings (SSSR count). The molecule has 3 heterocycles. The fourth-order valence-electron chi connectivity index (χ4n) is 3.10. The number of nitrogens with zero attached hydrogens (tertiary/aromatic N) is 4. The van der Waals surface area contributed by atoms with Gasteiger partial charge < -0.3 is 9.42 Å². The van der Waals surface area contributed by atoms with Gasteiger partial charge in [-0.1, -0.05) is 23.4 Å². The minimum absolute atomic E-state index is 0.0259. The number of benzene rings is 1. The summed E-state index contributed by atoms with van der Waals surface area (Å²) in [7, 11) is 0. The molecule has 0 aliphatic carbocycles. The lowest BCUT2D eigenvalue weighted by Gasteiger charge is -2.34. The first kappa shape index (κ1) is 17.8. The largest absolute Gasteiger partial charge is 0.340 e. The van der Waals surface area contributed by atoms with E-state index in [0.29, 0.717) is 36.9 Å². The zero-order chi connectivity index (χ0) is 18.6. The zero-order valence-electron chi connectivity index (χ0n) is 14.7. The fraction of sp³-hybridized carbons (Fsp3) is 0.316. The number of carbonyl (C=O) groups excluding carboxylic acids is 1. The molecule has 0 unspecified atom stereocenters. The van der Waals surface area contributed by atoms with Gasteiger partial charge in [0, 0.05) is 26.2 Å². The van der Waals surface area contributed by atoms with Crippen LogP contribution in [0.15, 0.2) is 46.3 Å². The zero-order valence-corrected chi connectivity index (χ0v) is 15.5. The Morgan fingerprint density at radius 2 is 2.04 bits per heavy atom. The standard InChI is InChI=1S/C19H19FN4O2S/c20-15-4-1-3-14(11-15)12-18(25)24-8-6-23(7-9-24)13-17-21-19(22-26-17)16-5-2-10-27-16/h1-5,10-11H,6-9,12-13H2. The second kappa shape index (κ2) is 7.98. The number of piperazine rings is 1. The third-order valence-corrected chi connectivity index (χ3v) is 5.40. The Kier molecular flexibility index (Phi) is 5.26. The van der Waals surface area contributed by atoms with E-state index in [2.05, 4.69) is 15.0 Å². The third kappa shape index (κ3) is 4.40. The van der Waals surface area contributed by atoms with Crippen LogP contribution in [0.1, 0.15) is 11.5 Å². The quantitative estimate of drug-likeness (QED) is 0.675. The molecule has 1 aliphatic heterocycles. The van der Waals surface area contributed by atoms with Crippen molar-refractivity contribution in [2.75, 3.05) is 26.2 Å². The highest BCUT2D eigenvalue weighted by molar-refractivity contribution is 7.13. The van der Waals surface area contributed by atoms with Crippen LogP contribution in [-0.4, -0.2) is 52.0 Å². The van der Waals surface area contributed by atoms with Crippen molar-refractivity contribution < 1.29 is 13.7 Å². The molecule has 0 N–H and O–H groups in total. The van der Waals surface area contributed by atoms with Crippen molar-refractivity contribution >= 4 is 17.2 Å². The summed E-state index contributed by atoms with van der Waals surface area (Å²) in [5, 5.41) is 6.00. The minimum Gasteiger partial charge on any atom is -0.340 e. The molecule has 1 saturated heterocycles. The van der Waals surface area contributed by atoms with E-state index in [4.69, 9.17) is 4.52 Å². The maximum absolute atomic E-state index is 13.3. The van der Waals surface area contributed by atoms with Crippen LogP contribution < -0.4 is 0 Å². The second-order valence-electron chi connectivity index (χ2n) is 6.45. The summed E-state index contributed by atoms with van der Waals surface area (Å²) in [4.78, 5) is 21.9. The maximum atomic E-state index is 13.3. The Hall–Kier alpha value is -2.58. The van der Waals surface area contributed by atoms with Crippen LogP contribution in [0.3, 0.4) is 0 Å². The molecule has 1 aliphatic rings. The van der Waals surface area contributed by atoms with Crippen LogP contribution in [0.5, 0.6) is 0 Å². The Morgan fingerprint density at radius 1 is 1.19 bits per heavy atom. The molecule has 0 bridgehead atoms. The van der Waals surface area contributed by atoms with E-state index in [1.54, 1.807) is 23.5 Å². The molecule has 0 radical (unpaired) electrons. The number of halogens is 1. The molecular formula is C19H19FN4O2S. The lowest BCUT2D eigenvalue weighted by Crippen LogP contribution is -2.48. The van der Waals surface area contributed by atoms with Gasteiger partial charge in [0.25, 0.3) is 0 Å². The maximum Gasteiger partial charge on any atom is 0.241 e. The summed E-state index contributed by atoms with van der Waals surface area (Å²) >= 11 is 1.57. The van der Waals surface area contributed by atoms with Gasteiger partial charge in [-0.2, -0.15) is 4.98 Å². The van der Waals surface area contributed by atoms with E-state index in [0.717, 1.165) is 18.0 Å². The average molecular weight is 386 g/mol. The molecule has 1 amide bonds. The average Bonchev–Trinajstić information content (AvgIpc) is 3.34. The predicted octanol–water partition coefficient (Wildman–Crippen LogP) is 2.82. The van der Waals surface area contributed by atoms with E-state index in [9.17, 15) is 9.18 Å². The Balaban J connectivity index is 1.28. The summed E-state index contributed by atoms with van der Waals surface area (Å²) in [6, 6.07) is 10.1. The number of rotatable bonds is 5. The van der Waals surface area contributed by atoms with Gasteiger partial charge in [0.05, 0.1) is 17.8 Å². The first-order valence-corrected chi connectivity index (χ1v) is 9.66. The number of hydrogen-bond donors (Lipinski definition) is 0. The van der Waals surface area contributed by atoms with E-state index in [-0.39, 0.29) is 18.1 Å². The molecule has 2 aromatic heterocycles. The van der Waals surface area contributed by atoms with Crippen molar-refractivity contribution in [3.63, 3.8) is 0 Å². The Labute approximate surface area is 160 Å². The highest BCUT2D eigenvalue weighted by atomic mass is 32.1. The number of thiophene rings is 1. The lowest BCUT2D eigenvalue weighted by molar-refractivity contribution is -0.132. The van der Waals surface area contributed by atoms with Gasteiger partial charge in [0.1, 0.15) is 5.82 Å². The molecule has 1 fully saturated rings. The van der Waals surface area contributed by atoms with Gasteiger partial charge in [-0.15, -0.1) is 11.3 Å². The molecule has 1 aromatic carbocycles. The number of hydrogen-bond acceptors (Lipinski definition) is 6. The van der Waals surface area contributed by atoms with Crippen molar-refractivity contribution in [3.8, 4) is 10.7 Å². The van der Waals surface area contributed by atoms with Gasteiger partial charge in [0.15, 0.2) is 0 Å². The van der Waals surface area contributed by atoms with Crippen molar-refractivity contribution in [1.29, 1.82) is 0 Å². The van der Waals surface area contributed by atoms with Crippen molar-refractivity contribution in [2.24, 2.45) is 0 Å². The highest BCUT2D eigenvalue weighted by Gasteiger charge is 2.23. The molecular weight excluding hydrogens is 367 g/mol. The lowest BCUT2D eigenvalue weighted by atomic mass is 10.1. The summed E-state index contributed by atoms with van der Waals surface area (Å²) in [6.45, 7) is 3.33. The molecule has 140 valence electrons. The molecule has 6 nitrogen and oxygen atoms in total. The third-order valence-electron chi connectivity index (χ3n) is 4.54. The topological polar surface area (TPSA) is 62.5 Å². The van der Waals surface area contributed by atoms with Crippen LogP contribution in [0, 0.1) is 5.82 Å². The first-order chi connectivity index (χ1) is 13.2. The predicted molar refractivity (Wildman–Crippen MR) is 99.6 cm³/mol. The Morgan fingerprint density at radius 3 is 2.78 bits per heavy atom. The van der Waals surface area contributed by atoms with Crippen LogP contribution in [0.25, 0.3) is 10.7 Å². The summed E-state index contributed by atoms with van der Waals surface area (Å²) < 4.78 is 18.6. The Bertz CT molecular complexity index is 904. The van der Waals surface area contributed by atoms with E-state index in [1.165, 1.54) is 12.1 Å². The van der Waals surface area contributed by atoms with E-state index < -0.39 is 0 Å².